The number of carbonyl (C=O) groups excluding carboxylic acids is 1. The second-order valence-corrected chi connectivity index (χ2v) is 5.07. The van der Waals surface area contributed by atoms with Gasteiger partial charge in [0.15, 0.2) is 0 Å². The zero-order valence-corrected chi connectivity index (χ0v) is 11.8. The lowest BCUT2D eigenvalue weighted by Crippen LogP contribution is -2.16. The summed E-state index contributed by atoms with van der Waals surface area (Å²) in [7, 11) is 0. The summed E-state index contributed by atoms with van der Waals surface area (Å²) < 4.78 is 39.3. The van der Waals surface area contributed by atoms with Crippen molar-refractivity contribution >= 4 is 11.6 Å². The first-order valence-corrected chi connectivity index (χ1v) is 6.78. The molecule has 7 heteroatoms. The quantitative estimate of drug-likeness (QED) is 0.806. The number of alkyl halides is 3. The number of benzene rings is 1. The van der Waals surface area contributed by atoms with Gasteiger partial charge in [0, 0.05) is 12.6 Å². The van der Waals surface area contributed by atoms with E-state index >= 15 is 0 Å². The highest BCUT2D eigenvalue weighted by Gasteiger charge is 2.30. The molecule has 2 heterocycles. The number of halogens is 3. The molecule has 2 aromatic heterocycles. The normalized spacial score (nSPS) is 11.8. The number of nitrogens with zero attached hydrogens (tertiary/aromatic N) is 2. The van der Waals surface area contributed by atoms with Crippen LogP contribution in [0.1, 0.15) is 27.3 Å². The van der Waals surface area contributed by atoms with Gasteiger partial charge < -0.3 is 5.73 Å². The standard InChI is InChI=1S/C16H12F3N3O/c17-16(18,19)11-6-4-10(5-7-11)9-12-14(15(20)23)22-8-2-1-3-13(22)21-12/h1-8H,9H2,(H2,20,23). The van der Waals surface area contributed by atoms with Crippen molar-refractivity contribution in [2.75, 3.05) is 0 Å². The number of hydrogen-bond acceptors (Lipinski definition) is 2. The molecule has 4 nitrogen and oxygen atoms in total. The van der Waals surface area contributed by atoms with Crippen molar-refractivity contribution in [3.63, 3.8) is 0 Å². The van der Waals surface area contributed by atoms with Gasteiger partial charge in [-0.05, 0) is 29.8 Å². The van der Waals surface area contributed by atoms with Crippen LogP contribution in [-0.4, -0.2) is 15.3 Å². The van der Waals surface area contributed by atoms with Gasteiger partial charge in [-0.25, -0.2) is 4.98 Å². The van der Waals surface area contributed by atoms with Gasteiger partial charge in [-0.1, -0.05) is 18.2 Å². The number of hydrogen-bond donors (Lipinski definition) is 1. The molecule has 3 aromatic rings. The van der Waals surface area contributed by atoms with Crippen LogP contribution in [0, 0.1) is 0 Å². The van der Waals surface area contributed by atoms with E-state index in [0.717, 1.165) is 12.1 Å². The molecule has 118 valence electrons. The molecule has 3 rings (SSSR count). The fourth-order valence-corrected chi connectivity index (χ4v) is 2.43. The van der Waals surface area contributed by atoms with Crippen molar-refractivity contribution in [2.45, 2.75) is 12.6 Å². The van der Waals surface area contributed by atoms with Gasteiger partial charge in [0.05, 0.1) is 11.3 Å². The minimum atomic E-state index is -4.37. The third kappa shape index (κ3) is 2.90. The first-order chi connectivity index (χ1) is 10.9. The van der Waals surface area contributed by atoms with Crippen LogP contribution in [0.3, 0.4) is 0 Å². The third-order valence-electron chi connectivity index (χ3n) is 3.49. The maximum Gasteiger partial charge on any atom is 0.416 e. The first kappa shape index (κ1) is 15.1. The molecule has 0 saturated carbocycles. The number of aromatic nitrogens is 2. The Balaban J connectivity index is 1.98. The second-order valence-electron chi connectivity index (χ2n) is 5.07. The lowest BCUT2D eigenvalue weighted by atomic mass is 10.1. The van der Waals surface area contributed by atoms with E-state index in [9.17, 15) is 18.0 Å². The van der Waals surface area contributed by atoms with E-state index in [0.29, 0.717) is 16.9 Å². The van der Waals surface area contributed by atoms with Crippen molar-refractivity contribution in [3.05, 3.63) is 71.2 Å². The van der Waals surface area contributed by atoms with E-state index < -0.39 is 17.6 Å². The molecule has 1 aromatic carbocycles. The molecule has 0 aliphatic rings. The number of primary amides is 1. The molecule has 0 spiro atoms. The van der Waals surface area contributed by atoms with E-state index in [-0.39, 0.29) is 12.1 Å². The Kier molecular flexibility index (Phi) is 3.55. The Morgan fingerprint density at radius 2 is 1.83 bits per heavy atom. The molecular formula is C16H12F3N3O. The van der Waals surface area contributed by atoms with Crippen LogP contribution < -0.4 is 5.73 Å². The van der Waals surface area contributed by atoms with Crippen molar-refractivity contribution < 1.29 is 18.0 Å². The van der Waals surface area contributed by atoms with Crippen molar-refractivity contribution in [3.8, 4) is 0 Å². The van der Waals surface area contributed by atoms with E-state index in [1.165, 1.54) is 12.1 Å². The van der Waals surface area contributed by atoms with Gasteiger partial charge in [0.1, 0.15) is 11.3 Å². The molecule has 0 radical (unpaired) electrons. The van der Waals surface area contributed by atoms with Crippen LogP contribution >= 0.6 is 0 Å². The second kappa shape index (κ2) is 5.42. The van der Waals surface area contributed by atoms with E-state index in [1.54, 1.807) is 28.8 Å². The Hall–Kier alpha value is -2.83. The fourth-order valence-electron chi connectivity index (χ4n) is 2.43. The fraction of sp³-hybridized carbons (Fsp3) is 0.125. The molecule has 0 unspecified atom stereocenters. The number of carbonyl (C=O) groups is 1. The average Bonchev–Trinajstić information content (AvgIpc) is 2.84. The predicted molar refractivity (Wildman–Crippen MR) is 78.0 cm³/mol. The molecule has 23 heavy (non-hydrogen) atoms. The smallest absolute Gasteiger partial charge is 0.364 e. The minimum absolute atomic E-state index is 0.220. The number of imidazole rings is 1. The van der Waals surface area contributed by atoms with Crippen LogP contribution in [0.5, 0.6) is 0 Å². The highest BCUT2D eigenvalue weighted by molar-refractivity contribution is 5.93. The van der Waals surface area contributed by atoms with Gasteiger partial charge in [0.2, 0.25) is 0 Å². The summed E-state index contributed by atoms with van der Waals surface area (Å²) in [4.78, 5) is 16.0. The first-order valence-electron chi connectivity index (χ1n) is 6.78. The Bertz CT molecular complexity index is 866. The molecule has 2 N–H and O–H groups in total. The topological polar surface area (TPSA) is 60.4 Å². The number of pyridine rings is 1. The molecular weight excluding hydrogens is 307 g/mol. The summed E-state index contributed by atoms with van der Waals surface area (Å²) in [5.41, 5.74) is 6.54. The molecule has 0 aliphatic carbocycles. The van der Waals surface area contributed by atoms with Crippen LogP contribution in [0.4, 0.5) is 13.2 Å². The van der Waals surface area contributed by atoms with Gasteiger partial charge in [-0.15, -0.1) is 0 Å². The zero-order valence-electron chi connectivity index (χ0n) is 11.8. The van der Waals surface area contributed by atoms with Gasteiger partial charge >= 0.3 is 6.18 Å². The van der Waals surface area contributed by atoms with E-state index in [4.69, 9.17) is 5.73 Å². The van der Waals surface area contributed by atoms with E-state index in [2.05, 4.69) is 4.98 Å². The summed E-state index contributed by atoms with van der Waals surface area (Å²) in [6.07, 6.45) is -2.49. The number of fused-ring (bicyclic) bond motifs is 1. The molecule has 0 aliphatic heterocycles. The van der Waals surface area contributed by atoms with Gasteiger partial charge in [-0.2, -0.15) is 13.2 Å². The Morgan fingerprint density at radius 1 is 1.13 bits per heavy atom. The van der Waals surface area contributed by atoms with Crippen LogP contribution in [0.25, 0.3) is 5.65 Å². The van der Waals surface area contributed by atoms with Crippen LogP contribution in [-0.2, 0) is 12.6 Å². The third-order valence-corrected chi connectivity index (χ3v) is 3.49. The maximum absolute atomic E-state index is 12.6. The highest BCUT2D eigenvalue weighted by atomic mass is 19.4. The number of rotatable bonds is 3. The molecule has 0 saturated heterocycles. The number of amides is 1. The summed E-state index contributed by atoms with van der Waals surface area (Å²) in [6.45, 7) is 0. The minimum Gasteiger partial charge on any atom is -0.364 e. The van der Waals surface area contributed by atoms with Crippen molar-refractivity contribution in [2.24, 2.45) is 5.73 Å². The van der Waals surface area contributed by atoms with Gasteiger partial charge in [0.25, 0.3) is 5.91 Å². The summed E-state index contributed by atoms with van der Waals surface area (Å²) >= 11 is 0. The molecule has 1 amide bonds. The van der Waals surface area contributed by atoms with Crippen LogP contribution in [0.2, 0.25) is 0 Å². The molecule has 0 fully saturated rings. The Morgan fingerprint density at radius 3 is 2.43 bits per heavy atom. The largest absolute Gasteiger partial charge is 0.416 e. The SMILES string of the molecule is NC(=O)c1c(Cc2ccc(C(F)(F)F)cc2)nc2ccccn12. The van der Waals surface area contributed by atoms with Crippen molar-refractivity contribution in [1.29, 1.82) is 0 Å². The predicted octanol–water partition coefficient (Wildman–Crippen LogP) is 3.04. The van der Waals surface area contributed by atoms with Crippen molar-refractivity contribution in [1.82, 2.24) is 9.38 Å². The zero-order chi connectivity index (χ0) is 16.6. The number of nitrogens with two attached hydrogens (primary N) is 1. The molecule has 0 bridgehead atoms. The van der Waals surface area contributed by atoms with Crippen LogP contribution in [0.15, 0.2) is 48.7 Å². The maximum atomic E-state index is 12.6. The lowest BCUT2D eigenvalue weighted by molar-refractivity contribution is -0.137. The summed E-state index contributed by atoms with van der Waals surface area (Å²) in [5, 5.41) is 0. The lowest BCUT2D eigenvalue weighted by Gasteiger charge is -2.07. The van der Waals surface area contributed by atoms with Gasteiger partial charge in [-0.3, -0.25) is 9.20 Å². The monoisotopic (exact) mass is 319 g/mol. The molecule has 0 atom stereocenters. The average molecular weight is 319 g/mol. The highest BCUT2D eigenvalue weighted by Crippen LogP contribution is 2.29. The summed E-state index contributed by atoms with van der Waals surface area (Å²) in [5.74, 6) is -0.634. The van der Waals surface area contributed by atoms with E-state index in [1.807, 2.05) is 0 Å². The Labute approximate surface area is 129 Å². The summed E-state index contributed by atoms with van der Waals surface area (Å²) in [6, 6.07) is 10.0.